The van der Waals surface area contributed by atoms with Crippen LogP contribution in [0.1, 0.15) is 54.5 Å². The number of benzene rings is 1. The summed E-state index contributed by atoms with van der Waals surface area (Å²) in [4.78, 5) is 14.7. The van der Waals surface area contributed by atoms with Crippen molar-refractivity contribution >= 4 is 5.91 Å². The Hall–Kier alpha value is -2.14. The number of aliphatic hydroxyl groups is 1. The average molecular weight is 341 g/mol. The van der Waals surface area contributed by atoms with Gasteiger partial charge in [-0.05, 0) is 59.1 Å². The Kier molecular flexibility index (Phi) is 4.69. The molecule has 0 saturated heterocycles. The van der Waals surface area contributed by atoms with Crippen LogP contribution < -0.4 is 0 Å². The molecule has 0 saturated carbocycles. The molecule has 1 aliphatic rings. The molecular formula is C20H27N3O2. The van der Waals surface area contributed by atoms with Crippen LogP contribution in [-0.2, 0) is 12.8 Å². The summed E-state index contributed by atoms with van der Waals surface area (Å²) in [6.45, 7) is 8.28. The lowest BCUT2D eigenvalue weighted by molar-refractivity contribution is 0.0311. The number of nitrogens with zero attached hydrogens (tertiary/aromatic N) is 3. The van der Waals surface area contributed by atoms with Crippen LogP contribution in [0.4, 0.5) is 0 Å². The number of likely N-dealkylation sites (N-methyl/N-ethyl adjacent to an activating group) is 1. The second kappa shape index (κ2) is 6.64. The zero-order valence-corrected chi connectivity index (χ0v) is 15.5. The summed E-state index contributed by atoms with van der Waals surface area (Å²) in [5, 5.41) is 14.8. The molecule has 1 aromatic heterocycles. The summed E-state index contributed by atoms with van der Waals surface area (Å²) in [5.74, 6) is -0.0892. The highest BCUT2D eigenvalue weighted by atomic mass is 16.3. The molecule has 1 heterocycles. The SMILES string of the molecule is CCN(CC(C)(C)O)C(=O)c1nn(-c2ccc(C)cc2)c2c1CCC2. The van der Waals surface area contributed by atoms with Crippen LogP contribution in [0, 0.1) is 6.92 Å². The molecule has 1 aromatic carbocycles. The maximum Gasteiger partial charge on any atom is 0.274 e. The van der Waals surface area contributed by atoms with Gasteiger partial charge in [-0.3, -0.25) is 4.79 Å². The molecule has 5 nitrogen and oxygen atoms in total. The van der Waals surface area contributed by atoms with Gasteiger partial charge in [0.15, 0.2) is 5.69 Å². The molecule has 0 aliphatic heterocycles. The predicted molar refractivity (Wildman–Crippen MR) is 98.2 cm³/mol. The van der Waals surface area contributed by atoms with Crippen LogP contribution in [0.25, 0.3) is 5.69 Å². The van der Waals surface area contributed by atoms with Gasteiger partial charge >= 0.3 is 0 Å². The average Bonchev–Trinajstić information content (AvgIpc) is 3.14. The lowest BCUT2D eigenvalue weighted by atomic mass is 10.1. The van der Waals surface area contributed by atoms with Crippen LogP contribution in [0.5, 0.6) is 0 Å². The molecule has 0 atom stereocenters. The zero-order valence-electron chi connectivity index (χ0n) is 15.5. The minimum absolute atomic E-state index is 0.0892. The summed E-state index contributed by atoms with van der Waals surface area (Å²) in [7, 11) is 0. The molecule has 0 fully saturated rings. The van der Waals surface area contributed by atoms with Crippen LogP contribution in [0.3, 0.4) is 0 Å². The van der Waals surface area contributed by atoms with E-state index in [0.717, 1.165) is 36.2 Å². The van der Waals surface area contributed by atoms with Gasteiger partial charge in [0, 0.05) is 24.3 Å². The van der Waals surface area contributed by atoms with E-state index in [9.17, 15) is 9.90 Å². The Labute approximate surface area is 149 Å². The fraction of sp³-hybridized carbons (Fsp3) is 0.500. The molecule has 25 heavy (non-hydrogen) atoms. The van der Waals surface area contributed by atoms with Gasteiger partial charge in [-0.25, -0.2) is 4.68 Å². The van der Waals surface area contributed by atoms with Crippen molar-refractivity contribution in [3.8, 4) is 5.69 Å². The molecule has 5 heteroatoms. The zero-order chi connectivity index (χ0) is 18.2. The highest BCUT2D eigenvalue weighted by Crippen LogP contribution is 2.29. The van der Waals surface area contributed by atoms with Crippen LogP contribution >= 0.6 is 0 Å². The van der Waals surface area contributed by atoms with E-state index in [0.29, 0.717) is 18.8 Å². The Morgan fingerprint density at radius 2 is 1.96 bits per heavy atom. The van der Waals surface area contributed by atoms with Crippen molar-refractivity contribution in [2.75, 3.05) is 13.1 Å². The van der Waals surface area contributed by atoms with Gasteiger partial charge in [-0.15, -0.1) is 0 Å². The second-order valence-corrected chi connectivity index (χ2v) is 7.51. The Bertz CT molecular complexity index is 769. The Balaban J connectivity index is 1.99. The fourth-order valence-electron chi connectivity index (χ4n) is 3.45. The molecule has 0 bridgehead atoms. The van der Waals surface area contributed by atoms with E-state index in [4.69, 9.17) is 0 Å². The lowest BCUT2D eigenvalue weighted by Gasteiger charge is -2.27. The Morgan fingerprint density at radius 1 is 1.28 bits per heavy atom. The van der Waals surface area contributed by atoms with Gasteiger partial charge in [-0.1, -0.05) is 17.7 Å². The molecule has 3 rings (SSSR count). The number of carbonyl (C=O) groups excluding carboxylic acids is 1. The van der Waals surface area contributed by atoms with E-state index >= 15 is 0 Å². The Morgan fingerprint density at radius 3 is 2.56 bits per heavy atom. The van der Waals surface area contributed by atoms with E-state index in [1.165, 1.54) is 5.56 Å². The van der Waals surface area contributed by atoms with Gasteiger partial charge in [0.2, 0.25) is 0 Å². The molecule has 0 radical (unpaired) electrons. The van der Waals surface area contributed by atoms with E-state index in [-0.39, 0.29) is 5.91 Å². The molecule has 1 N–H and O–H groups in total. The molecule has 134 valence electrons. The van der Waals surface area contributed by atoms with Gasteiger partial charge in [-0.2, -0.15) is 5.10 Å². The topological polar surface area (TPSA) is 58.4 Å². The van der Waals surface area contributed by atoms with Gasteiger partial charge < -0.3 is 10.0 Å². The second-order valence-electron chi connectivity index (χ2n) is 7.51. The normalized spacial score (nSPS) is 13.8. The van der Waals surface area contributed by atoms with Crippen molar-refractivity contribution in [2.24, 2.45) is 0 Å². The summed E-state index contributed by atoms with van der Waals surface area (Å²) in [6, 6.07) is 8.21. The number of aryl methyl sites for hydroxylation is 1. The maximum atomic E-state index is 13.1. The predicted octanol–water partition coefficient (Wildman–Crippen LogP) is 2.90. The third kappa shape index (κ3) is 3.61. The number of hydrogen-bond donors (Lipinski definition) is 1. The van der Waals surface area contributed by atoms with Crippen molar-refractivity contribution in [1.82, 2.24) is 14.7 Å². The van der Waals surface area contributed by atoms with Crippen molar-refractivity contribution in [1.29, 1.82) is 0 Å². The van der Waals surface area contributed by atoms with Gasteiger partial charge in [0.1, 0.15) is 0 Å². The molecule has 1 aliphatic carbocycles. The monoisotopic (exact) mass is 341 g/mol. The smallest absolute Gasteiger partial charge is 0.274 e. The van der Waals surface area contributed by atoms with Gasteiger partial charge in [0.05, 0.1) is 11.3 Å². The highest BCUT2D eigenvalue weighted by Gasteiger charge is 2.30. The van der Waals surface area contributed by atoms with Crippen LogP contribution in [-0.4, -0.2) is 44.4 Å². The first-order chi connectivity index (χ1) is 11.8. The lowest BCUT2D eigenvalue weighted by Crippen LogP contribution is -2.42. The third-order valence-corrected chi connectivity index (χ3v) is 4.66. The van der Waals surface area contributed by atoms with E-state index in [2.05, 4.69) is 24.2 Å². The van der Waals surface area contributed by atoms with Crippen molar-refractivity contribution in [3.05, 3.63) is 46.8 Å². The number of carbonyl (C=O) groups is 1. The number of amides is 1. The summed E-state index contributed by atoms with van der Waals surface area (Å²) in [5.41, 5.74) is 4.03. The van der Waals surface area contributed by atoms with Crippen LogP contribution in [0.15, 0.2) is 24.3 Å². The largest absolute Gasteiger partial charge is 0.389 e. The highest BCUT2D eigenvalue weighted by molar-refractivity contribution is 5.94. The molecule has 2 aromatic rings. The molecule has 1 amide bonds. The summed E-state index contributed by atoms with van der Waals surface area (Å²) < 4.78 is 1.92. The first-order valence-corrected chi connectivity index (χ1v) is 8.99. The van der Waals surface area contributed by atoms with Crippen molar-refractivity contribution in [2.45, 2.75) is 52.6 Å². The van der Waals surface area contributed by atoms with Gasteiger partial charge in [0.25, 0.3) is 5.91 Å². The standard InChI is InChI=1S/C20H27N3O2/c1-5-22(13-20(3,4)25)19(24)18-16-7-6-8-17(16)23(21-18)15-11-9-14(2)10-12-15/h9-12,25H,5-8,13H2,1-4H3. The maximum absolute atomic E-state index is 13.1. The van der Waals surface area contributed by atoms with Crippen LogP contribution in [0.2, 0.25) is 0 Å². The van der Waals surface area contributed by atoms with E-state index < -0.39 is 5.60 Å². The van der Waals surface area contributed by atoms with E-state index in [1.54, 1.807) is 18.7 Å². The first kappa shape index (κ1) is 17.7. The number of fused-ring (bicyclic) bond motifs is 1. The summed E-state index contributed by atoms with van der Waals surface area (Å²) >= 11 is 0. The molecule has 0 unspecified atom stereocenters. The molecular weight excluding hydrogens is 314 g/mol. The number of rotatable bonds is 5. The molecule has 0 spiro atoms. The van der Waals surface area contributed by atoms with Crippen molar-refractivity contribution < 1.29 is 9.90 Å². The number of aromatic nitrogens is 2. The first-order valence-electron chi connectivity index (χ1n) is 8.99. The van der Waals surface area contributed by atoms with Crippen molar-refractivity contribution in [3.63, 3.8) is 0 Å². The number of hydrogen-bond acceptors (Lipinski definition) is 3. The third-order valence-electron chi connectivity index (χ3n) is 4.66. The summed E-state index contributed by atoms with van der Waals surface area (Å²) in [6.07, 6.45) is 2.89. The van der Waals surface area contributed by atoms with E-state index in [1.807, 2.05) is 23.7 Å². The minimum atomic E-state index is -0.922. The quantitative estimate of drug-likeness (QED) is 0.910. The minimum Gasteiger partial charge on any atom is -0.389 e. The fourth-order valence-corrected chi connectivity index (χ4v) is 3.45.